The van der Waals surface area contributed by atoms with Gasteiger partial charge in [0.1, 0.15) is 19.3 Å². The number of amides is 1. The molecule has 0 aliphatic heterocycles. The molecule has 50 heavy (non-hydrogen) atoms. The Morgan fingerprint density at radius 2 is 1.56 bits per heavy atom. The Hall–Kier alpha value is -2.61. The maximum absolute atomic E-state index is 13.9. The number of nitrogens with one attached hydrogen (secondary N) is 1. The standard InChI is InChI=1S/C42H66N2O6/c1-9-48-37(47)50-34-19-20-39(6)32(38(34,4)5)18-21-41(8)33(39)16-15-31-25-30(28(2)3)17-22-42(43,24-23-40(31,41)7)36(46)44-26-35(45)49-27-29-13-11-10-12-14-29/h10-14,28,30-34H,9,15-27,43H2,1-8H3,(H,44,46)/t30-,31?,32?,33?,34-,39+,40-,41-,42-/m1/s1. The Morgan fingerprint density at radius 3 is 2.24 bits per heavy atom. The summed E-state index contributed by atoms with van der Waals surface area (Å²) in [6, 6.07) is 9.56. The smallest absolute Gasteiger partial charge is 0.460 e. The number of hydrogen-bond donors (Lipinski definition) is 2. The third-order valence-electron chi connectivity index (χ3n) is 15.2. The molecule has 4 fully saturated rings. The Kier molecular flexibility index (Phi) is 11.4. The molecule has 0 bridgehead atoms. The molecule has 3 N–H and O–H groups in total. The van der Waals surface area contributed by atoms with Gasteiger partial charge >= 0.3 is 12.1 Å². The molecule has 4 aliphatic rings. The van der Waals surface area contributed by atoms with Gasteiger partial charge in [-0.05, 0) is 129 Å². The maximum Gasteiger partial charge on any atom is 0.508 e. The SMILES string of the molecule is CCOC(=O)O[C@@H]1CC[C@@]2(C)C(CC[C@]3(C)C2CCC2C[C@H](C(C)C)CC[C@](N)(C(=O)NCC(=O)OCc4ccccc4)CC[C@]23C)C1(C)C. The van der Waals surface area contributed by atoms with Crippen LogP contribution in [0.3, 0.4) is 0 Å². The van der Waals surface area contributed by atoms with E-state index in [4.69, 9.17) is 19.9 Å². The Morgan fingerprint density at radius 1 is 0.840 bits per heavy atom. The number of esters is 1. The summed E-state index contributed by atoms with van der Waals surface area (Å²) in [5, 5.41) is 2.89. The summed E-state index contributed by atoms with van der Waals surface area (Å²) in [6.45, 7) is 19.0. The summed E-state index contributed by atoms with van der Waals surface area (Å²) in [6.07, 6.45) is 9.96. The van der Waals surface area contributed by atoms with Gasteiger partial charge in [0.15, 0.2) is 0 Å². The van der Waals surface area contributed by atoms with E-state index in [9.17, 15) is 14.4 Å². The molecule has 5 rings (SSSR count). The average Bonchev–Trinajstić information content (AvgIpc) is 3.12. The predicted molar refractivity (Wildman–Crippen MR) is 196 cm³/mol. The van der Waals surface area contributed by atoms with E-state index in [2.05, 4.69) is 53.8 Å². The molecule has 8 nitrogen and oxygen atoms in total. The van der Waals surface area contributed by atoms with Gasteiger partial charge in [-0.1, -0.05) is 78.8 Å². The zero-order chi connectivity index (χ0) is 36.5. The van der Waals surface area contributed by atoms with Gasteiger partial charge in [0.25, 0.3) is 0 Å². The van der Waals surface area contributed by atoms with Gasteiger partial charge in [-0.2, -0.15) is 0 Å². The van der Waals surface area contributed by atoms with Crippen molar-refractivity contribution in [3.05, 3.63) is 35.9 Å². The fourth-order valence-corrected chi connectivity index (χ4v) is 11.8. The number of ether oxygens (including phenoxy) is 3. The molecule has 1 aromatic carbocycles. The van der Waals surface area contributed by atoms with Crippen LogP contribution in [0.15, 0.2) is 30.3 Å². The molecule has 1 aromatic rings. The predicted octanol–water partition coefficient (Wildman–Crippen LogP) is 8.60. The van der Waals surface area contributed by atoms with Crippen LogP contribution >= 0.6 is 0 Å². The van der Waals surface area contributed by atoms with E-state index in [0.717, 1.165) is 44.1 Å². The normalized spacial score (nSPS) is 38.2. The minimum atomic E-state index is -1.06. The number of carbonyl (C=O) groups excluding carboxylic acids is 3. The lowest BCUT2D eigenvalue weighted by Gasteiger charge is -2.70. The highest BCUT2D eigenvalue weighted by atomic mass is 16.7. The Labute approximate surface area is 301 Å². The lowest BCUT2D eigenvalue weighted by Crippen LogP contribution is -2.65. The summed E-state index contributed by atoms with van der Waals surface area (Å²) in [7, 11) is 0. The second-order valence-corrected chi connectivity index (χ2v) is 18.2. The molecule has 0 aromatic heterocycles. The molecular formula is C42H66N2O6. The summed E-state index contributed by atoms with van der Waals surface area (Å²) in [5.74, 6) is 1.79. The molecule has 8 heteroatoms. The maximum atomic E-state index is 13.9. The van der Waals surface area contributed by atoms with Crippen LogP contribution in [0.1, 0.15) is 132 Å². The number of carbonyl (C=O) groups is 3. The van der Waals surface area contributed by atoms with E-state index >= 15 is 0 Å². The van der Waals surface area contributed by atoms with Gasteiger partial charge in [0.05, 0.1) is 12.1 Å². The fraction of sp³-hybridized carbons (Fsp3) is 0.786. The molecule has 4 saturated carbocycles. The van der Waals surface area contributed by atoms with Crippen molar-refractivity contribution >= 4 is 18.0 Å². The molecular weight excluding hydrogens is 628 g/mol. The molecule has 0 spiro atoms. The third kappa shape index (κ3) is 7.21. The highest BCUT2D eigenvalue weighted by Crippen LogP contribution is 2.73. The van der Waals surface area contributed by atoms with Gasteiger partial charge in [0, 0.05) is 5.41 Å². The molecule has 0 saturated heterocycles. The van der Waals surface area contributed by atoms with Crippen LogP contribution in [-0.2, 0) is 30.4 Å². The summed E-state index contributed by atoms with van der Waals surface area (Å²) in [5.41, 5.74) is 7.07. The monoisotopic (exact) mass is 694 g/mol. The highest BCUT2D eigenvalue weighted by Gasteiger charge is 2.67. The second-order valence-electron chi connectivity index (χ2n) is 18.2. The fourth-order valence-electron chi connectivity index (χ4n) is 11.8. The van der Waals surface area contributed by atoms with Gasteiger partial charge in [0.2, 0.25) is 5.91 Å². The van der Waals surface area contributed by atoms with Crippen molar-refractivity contribution in [2.75, 3.05) is 13.2 Å². The van der Waals surface area contributed by atoms with E-state index in [1.54, 1.807) is 0 Å². The van der Waals surface area contributed by atoms with E-state index < -0.39 is 17.7 Å². The largest absolute Gasteiger partial charge is 0.508 e. The topological polar surface area (TPSA) is 117 Å². The van der Waals surface area contributed by atoms with Crippen molar-refractivity contribution in [3.8, 4) is 0 Å². The lowest BCUT2D eigenvalue weighted by molar-refractivity contribution is -0.229. The van der Waals surface area contributed by atoms with Gasteiger partial charge in [-0.15, -0.1) is 0 Å². The first-order valence-corrected chi connectivity index (χ1v) is 19.6. The number of fused-ring (bicyclic) bond motifs is 5. The Balaban J connectivity index is 1.36. The quantitative estimate of drug-likeness (QED) is 0.262. The van der Waals surface area contributed by atoms with Crippen LogP contribution in [0.25, 0.3) is 0 Å². The summed E-state index contributed by atoms with van der Waals surface area (Å²) < 4.78 is 16.6. The van der Waals surface area contributed by atoms with Crippen molar-refractivity contribution in [2.24, 2.45) is 57.0 Å². The van der Waals surface area contributed by atoms with Crippen molar-refractivity contribution in [3.63, 3.8) is 0 Å². The van der Waals surface area contributed by atoms with Crippen LogP contribution in [-0.4, -0.2) is 42.8 Å². The molecule has 3 unspecified atom stereocenters. The van der Waals surface area contributed by atoms with Gasteiger partial charge < -0.3 is 25.3 Å². The first-order valence-electron chi connectivity index (χ1n) is 19.6. The molecule has 0 heterocycles. The molecule has 0 radical (unpaired) electrons. The van der Waals surface area contributed by atoms with Crippen LogP contribution in [0.2, 0.25) is 0 Å². The van der Waals surface area contributed by atoms with Crippen LogP contribution < -0.4 is 11.1 Å². The first-order chi connectivity index (χ1) is 23.5. The lowest BCUT2D eigenvalue weighted by atomic mass is 9.34. The average molecular weight is 695 g/mol. The zero-order valence-electron chi connectivity index (χ0n) is 32.3. The van der Waals surface area contributed by atoms with E-state index in [1.807, 2.05) is 37.3 Å². The van der Waals surface area contributed by atoms with Crippen LogP contribution in [0, 0.1) is 51.2 Å². The number of benzene rings is 1. The van der Waals surface area contributed by atoms with E-state index in [-0.39, 0.29) is 46.8 Å². The van der Waals surface area contributed by atoms with Gasteiger partial charge in [-0.3, -0.25) is 9.59 Å². The Bertz CT molecular complexity index is 1360. The minimum Gasteiger partial charge on any atom is -0.460 e. The van der Waals surface area contributed by atoms with Crippen molar-refractivity contribution in [2.45, 2.75) is 144 Å². The molecule has 1 amide bonds. The second kappa shape index (κ2) is 14.8. The van der Waals surface area contributed by atoms with Crippen molar-refractivity contribution in [1.82, 2.24) is 5.32 Å². The van der Waals surface area contributed by atoms with Crippen molar-refractivity contribution < 1.29 is 28.6 Å². The molecule has 9 atom stereocenters. The number of rotatable bonds is 8. The molecule has 4 aliphatic carbocycles. The van der Waals surface area contributed by atoms with Gasteiger partial charge in [-0.25, -0.2) is 4.79 Å². The van der Waals surface area contributed by atoms with E-state index in [1.165, 1.54) is 19.3 Å². The minimum absolute atomic E-state index is 0.00329. The zero-order valence-corrected chi connectivity index (χ0v) is 32.3. The third-order valence-corrected chi connectivity index (χ3v) is 15.2. The molecule has 280 valence electrons. The highest BCUT2D eigenvalue weighted by molar-refractivity contribution is 5.89. The van der Waals surface area contributed by atoms with Crippen molar-refractivity contribution in [1.29, 1.82) is 0 Å². The number of hydrogen-bond acceptors (Lipinski definition) is 7. The summed E-state index contributed by atoms with van der Waals surface area (Å²) in [4.78, 5) is 39.0. The van der Waals surface area contributed by atoms with Crippen LogP contribution in [0.4, 0.5) is 4.79 Å². The summed E-state index contributed by atoms with van der Waals surface area (Å²) >= 11 is 0. The number of nitrogens with two attached hydrogens (primary N) is 1. The van der Waals surface area contributed by atoms with Crippen LogP contribution in [0.5, 0.6) is 0 Å². The first kappa shape index (κ1) is 38.6. The van der Waals surface area contributed by atoms with E-state index in [0.29, 0.717) is 49.0 Å².